The zero-order valence-electron chi connectivity index (χ0n) is 22.1. The molecule has 6 rings (SSSR count). The SMILES string of the molecule is CCCCn1c(CN(Cc2ccc3c(c2)CCO3)Cc2ccc3c(c2)OCCO3)cnc1-c1ccccc1. The maximum Gasteiger partial charge on any atom is 0.161 e. The van der Waals surface area contributed by atoms with Crippen LogP contribution in [0, 0.1) is 0 Å². The van der Waals surface area contributed by atoms with Crippen LogP contribution in [0.15, 0.2) is 72.9 Å². The highest BCUT2D eigenvalue weighted by Crippen LogP contribution is 2.32. The Morgan fingerprint density at radius 1 is 0.789 bits per heavy atom. The molecule has 4 aromatic rings. The van der Waals surface area contributed by atoms with Crippen molar-refractivity contribution >= 4 is 0 Å². The minimum absolute atomic E-state index is 0.593. The second-order valence-corrected chi connectivity index (χ2v) is 10.1. The molecule has 2 aliphatic heterocycles. The summed E-state index contributed by atoms with van der Waals surface area (Å²) in [5, 5.41) is 0. The lowest BCUT2D eigenvalue weighted by atomic mass is 10.1. The molecule has 0 aliphatic carbocycles. The van der Waals surface area contributed by atoms with Crippen molar-refractivity contribution in [2.75, 3.05) is 19.8 Å². The third-order valence-corrected chi connectivity index (χ3v) is 7.26. The molecular weight excluding hydrogens is 474 g/mol. The number of unbranched alkanes of at least 4 members (excludes halogenated alkanes) is 1. The van der Waals surface area contributed by atoms with Gasteiger partial charge in [0.15, 0.2) is 11.5 Å². The fraction of sp³-hybridized carbons (Fsp3) is 0.344. The van der Waals surface area contributed by atoms with Crippen LogP contribution in [-0.4, -0.2) is 34.3 Å². The first kappa shape index (κ1) is 24.6. The van der Waals surface area contributed by atoms with Gasteiger partial charge < -0.3 is 18.8 Å². The van der Waals surface area contributed by atoms with E-state index in [1.54, 1.807) is 0 Å². The van der Waals surface area contributed by atoms with Crippen LogP contribution in [-0.2, 0) is 32.6 Å². The number of hydrogen-bond acceptors (Lipinski definition) is 5. The molecule has 0 unspecified atom stereocenters. The summed E-state index contributed by atoms with van der Waals surface area (Å²) in [6.07, 6.45) is 5.31. The van der Waals surface area contributed by atoms with Crippen LogP contribution in [0.5, 0.6) is 17.2 Å². The molecule has 2 aliphatic rings. The predicted octanol–water partition coefficient (Wildman–Crippen LogP) is 6.26. The molecule has 0 saturated carbocycles. The molecule has 6 heteroatoms. The summed E-state index contributed by atoms with van der Waals surface area (Å²) < 4.78 is 19.8. The van der Waals surface area contributed by atoms with E-state index >= 15 is 0 Å². The molecule has 0 N–H and O–H groups in total. The first-order valence-corrected chi connectivity index (χ1v) is 13.7. The van der Waals surface area contributed by atoms with Crippen molar-refractivity contribution in [3.8, 4) is 28.6 Å². The minimum Gasteiger partial charge on any atom is -0.493 e. The highest BCUT2D eigenvalue weighted by Gasteiger charge is 2.19. The smallest absolute Gasteiger partial charge is 0.161 e. The summed E-state index contributed by atoms with van der Waals surface area (Å²) in [4.78, 5) is 7.39. The number of nitrogens with zero attached hydrogens (tertiary/aromatic N) is 3. The quantitative estimate of drug-likeness (QED) is 0.253. The Labute approximate surface area is 224 Å². The number of rotatable bonds is 10. The molecule has 196 valence electrons. The highest BCUT2D eigenvalue weighted by atomic mass is 16.6. The van der Waals surface area contributed by atoms with Gasteiger partial charge in [0.2, 0.25) is 0 Å². The van der Waals surface area contributed by atoms with Gasteiger partial charge in [-0.1, -0.05) is 61.9 Å². The van der Waals surface area contributed by atoms with Crippen molar-refractivity contribution in [2.24, 2.45) is 0 Å². The summed E-state index contributed by atoms with van der Waals surface area (Å²) in [5.74, 6) is 3.73. The molecule has 0 amide bonds. The van der Waals surface area contributed by atoms with Crippen LogP contribution in [0.25, 0.3) is 11.4 Å². The number of benzene rings is 3. The van der Waals surface area contributed by atoms with Crippen molar-refractivity contribution in [2.45, 2.75) is 52.4 Å². The number of ether oxygens (including phenoxy) is 3. The second kappa shape index (κ2) is 11.3. The minimum atomic E-state index is 0.593. The van der Waals surface area contributed by atoms with E-state index in [2.05, 4.69) is 83.3 Å². The van der Waals surface area contributed by atoms with Gasteiger partial charge in [-0.2, -0.15) is 0 Å². The van der Waals surface area contributed by atoms with Crippen LogP contribution in [0.3, 0.4) is 0 Å². The number of hydrogen-bond donors (Lipinski definition) is 0. The van der Waals surface area contributed by atoms with E-state index in [-0.39, 0.29) is 0 Å². The molecule has 0 bridgehead atoms. The van der Waals surface area contributed by atoms with E-state index < -0.39 is 0 Å². The summed E-state index contributed by atoms with van der Waals surface area (Å²) in [6.45, 7) is 7.60. The third kappa shape index (κ3) is 5.41. The first-order chi connectivity index (χ1) is 18.8. The molecule has 3 aromatic carbocycles. The maximum atomic E-state index is 5.88. The van der Waals surface area contributed by atoms with Crippen LogP contribution in [0.1, 0.15) is 42.1 Å². The van der Waals surface area contributed by atoms with Crippen LogP contribution >= 0.6 is 0 Å². The normalized spacial score (nSPS) is 13.9. The molecular formula is C32H35N3O3. The van der Waals surface area contributed by atoms with Gasteiger partial charge in [0, 0.05) is 38.2 Å². The topological polar surface area (TPSA) is 48.8 Å². The van der Waals surface area contributed by atoms with E-state index in [0.29, 0.717) is 13.2 Å². The average Bonchev–Trinajstić information content (AvgIpc) is 3.59. The van der Waals surface area contributed by atoms with Gasteiger partial charge >= 0.3 is 0 Å². The summed E-state index contributed by atoms with van der Waals surface area (Å²) >= 11 is 0. The lowest BCUT2D eigenvalue weighted by Gasteiger charge is -2.25. The van der Waals surface area contributed by atoms with E-state index in [1.165, 1.54) is 22.4 Å². The Balaban J connectivity index is 1.30. The van der Waals surface area contributed by atoms with Gasteiger partial charge in [-0.15, -0.1) is 0 Å². The predicted molar refractivity (Wildman–Crippen MR) is 149 cm³/mol. The van der Waals surface area contributed by atoms with Gasteiger partial charge in [-0.3, -0.25) is 4.90 Å². The third-order valence-electron chi connectivity index (χ3n) is 7.26. The van der Waals surface area contributed by atoms with Gasteiger partial charge in [0.1, 0.15) is 24.8 Å². The molecule has 6 nitrogen and oxygen atoms in total. The monoisotopic (exact) mass is 509 g/mol. The van der Waals surface area contributed by atoms with Crippen LogP contribution in [0.4, 0.5) is 0 Å². The fourth-order valence-electron chi connectivity index (χ4n) is 5.36. The zero-order chi connectivity index (χ0) is 25.7. The van der Waals surface area contributed by atoms with E-state index in [1.807, 2.05) is 6.07 Å². The zero-order valence-corrected chi connectivity index (χ0v) is 22.1. The highest BCUT2D eigenvalue weighted by molar-refractivity contribution is 5.56. The molecule has 0 radical (unpaired) electrons. The van der Waals surface area contributed by atoms with Crippen molar-refractivity contribution in [1.82, 2.24) is 14.5 Å². The molecule has 0 spiro atoms. The Morgan fingerprint density at radius 3 is 2.34 bits per heavy atom. The average molecular weight is 510 g/mol. The Bertz CT molecular complexity index is 1380. The summed E-state index contributed by atoms with van der Waals surface area (Å²) in [5.41, 5.74) is 6.21. The Kier molecular flexibility index (Phi) is 7.31. The molecule has 0 atom stereocenters. The van der Waals surface area contributed by atoms with E-state index in [4.69, 9.17) is 19.2 Å². The largest absolute Gasteiger partial charge is 0.493 e. The first-order valence-electron chi connectivity index (χ1n) is 13.7. The molecule has 0 fully saturated rings. The van der Waals surface area contributed by atoms with Gasteiger partial charge in [0.25, 0.3) is 0 Å². The molecule has 0 saturated heterocycles. The van der Waals surface area contributed by atoms with Crippen LogP contribution in [0.2, 0.25) is 0 Å². The number of fused-ring (bicyclic) bond motifs is 2. The lowest BCUT2D eigenvalue weighted by molar-refractivity contribution is 0.170. The van der Waals surface area contributed by atoms with Gasteiger partial charge in [-0.05, 0) is 41.3 Å². The van der Waals surface area contributed by atoms with Crippen molar-refractivity contribution < 1.29 is 14.2 Å². The number of aromatic nitrogens is 2. The fourth-order valence-corrected chi connectivity index (χ4v) is 5.36. The maximum absolute atomic E-state index is 5.88. The van der Waals surface area contributed by atoms with Crippen molar-refractivity contribution in [1.29, 1.82) is 0 Å². The molecule has 38 heavy (non-hydrogen) atoms. The number of imidazole rings is 1. The standard InChI is InChI=1S/C32H35N3O3/c1-2-3-14-35-28(20-33-32(35)26-7-5-4-6-8-26)23-34(21-24-9-11-29-27(18-24)13-15-36-29)22-25-10-12-30-31(19-25)38-17-16-37-30/h4-12,18-20H,2-3,13-17,21-23H2,1H3. The molecule has 1 aromatic heterocycles. The Morgan fingerprint density at radius 2 is 1.53 bits per heavy atom. The van der Waals surface area contributed by atoms with E-state index in [0.717, 1.165) is 80.7 Å². The Hall–Kier alpha value is -3.77. The van der Waals surface area contributed by atoms with Crippen molar-refractivity contribution in [3.63, 3.8) is 0 Å². The lowest BCUT2D eigenvalue weighted by Crippen LogP contribution is -2.24. The second-order valence-electron chi connectivity index (χ2n) is 10.1. The summed E-state index contributed by atoms with van der Waals surface area (Å²) in [6, 6.07) is 23.5. The van der Waals surface area contributed by atoms with E-state index in [9.17, 15) is 0 Å². The van der Waals surface area contributed by atoms with Gasteiger partial charge in [0.05, 0.1) is 18.5 Å². The van der Waals surface area contributed by atoms with Crippen LogP contribution < -0.4 is 14.2 Å². The molecule has 3 heterocycles. The van der Waals surface area contributed by atoms with Crippen molar-refractivity contribution in [3.05, 3.63) is 95.3 Å². The summed E-state index contributed by atoms with van der Waals surface area (Å²) in [7, 11) is 0. The van der Waals surface area contributed by atoms with Gasteiger partial charge in [-0.25, -0.2) is 4.98 Å².